The van der Waals surface area contributed by atoms with E-state index >= 15 is 0 Å². The number of likely N-dealkylation sites (tertiary alicyclic amines) is 1. The Bertz CT molecular complexity index is 893. The number of piperidine rings is 2. The molecule has 1 unspecified atom stereocenters. The lowest BCUT2D eigenvalue weighted by molar-refractivity contribution is -0.136. The zero-order chi connectivity index (χ0) is 21.4. The van der Waals surface area contributed by atoms with Gasteiger partial charge in [0.15, 0.2) is 0 Å². The number of carbonyl (C=O) groups excluding carboxylic acids is 3. The molecule has 3 saturated heterocycles. The second kappa shape index (κ2) is 8.36. The van der Waals surface area contributed by atoms with E-state index in [0.29, 0.717) is 13.0 Å². The second-order valence-corrected chi connectivity index (χ2v) is 9.60. The summed E-state index contributed by atoms with van der Waals surface area (Å²) < 4.78 is 0. The molecule has 0 saturated carbocycles. The lowest BCUT2D eigenvalue weighted by Crippen LogP contribution is -2.53. The van der Waals surface area contributed by atoms with Crippen LogP contribution < -0.4 is 10.6 Å². The van der Waals surface area contributed by atoms with Gasteiger partial charge < -0.3 is 10.2 Å². The van der Waals surface area contributed by atoms with E-state index in [0.717, 1.165) is 37.3 Å². The molecule has 7 heteroatoms. The molecule has 0 aliphatic carbocycles. The summed E-state index contributed by atoms with van der Waals surface area (Å²) in [6, 6.07) is 5.70. The number of nitrogens with one attached hydrogen (secondary N) is 2. The number of fused-ring (bicyclic) bond motifs is 1. The van der Waals surface area contributed by atoms with Gasteiger partial charge in [0.25, 0.3) is 5.91 Å². The van der Waals surface area contributed by atoms with Crippen molar-refractivity contribution in [3.05, 3.63) is 34.9 Å². The molecule has 31 heavy (non-hydrogen) atoms. The summed E-state index contributed by atoms with van der Waals surface area (Å²) in [6.07, 6.45) is 8.19. The Hall–Kier alpha value is -2.25. The topological polar surface area (TPSA) is 81.8 Å². The fourth-order valence-electron chi connectivity index (χ4n) is 5.95. The molecule has 1 aromatic carbocycles. The molecule has 7 nitrogen and oxygen atoms in total. The number of nitrogens with zero attached hydrogens (tertiary/aromatic N) is 2. The summed E-state index contributed by atoms with van der Waals surface area (Å²) in [4.78, 5) is 41.2. The van der Waals surface area contributed by atoms with E-state index in [9.17, 15) is 14.4 Å². The predicted octanol–water partition coefficient (Wildman–Crippen LogP) is 1.95. The van der Waals surface area contributed by atoms with E-state index in [-0.39, 0.29) is 29.7 Å². The van der Waals surface area contributed by atoms with E-state index < -0.39 is 6.04 Å². The van der Waals surface area contributed by atoms with Crippen LogP contribution in [0.1, 0.15) is 72.9 Å². The number of benzene rings is 1. The van der Waals surface area contributed by atoms with E-state index in [1.807, 2.05) is 6.07 Å². The number of hydrogen-bond acceptors (Lipinski definition) is 5. The van der Waals surface area contributed by atoms with Crippen molar-refractivity contribution < 1.29 is 14.4 Å². The molecule has 4 aliphatic rings. The first-order chi connectivity index (χ1) is 15.1. The van der Waals surface area contributed by atoms with Gasteiger partial charge >= 0.3 is 0 Å². The molecule has 3 amide bonds. The molecule has 0 bridgehead atoms. The van der Waals surface area contributed by atoms with Crippen molar-refractivity contribution in [3.8, 4) is 0 Å². The van der Waals surface area contributed by atoms with Crippen LogP contribution >= 0.6 is 0 Å². The van der Waals surface area contributed by atoms with Crippen LogP contribution in [0.25, 0.3) is 0 Å². The Morgan fingerprint density at radius 2 is 1.87 bits per heavy atom. The number of amides is 3. The van der Waals surface area contributed by atoms with Crippen LogP contribution in [0, 0.1) is 0 Å². The standard InChI is InChI=1S/C24H32N4O3/c29-21-7-6-20(22(30)26-21)28-16-18-5-4-17(14-19(18)23(28)31)15-27-13-3-1-2-8-24(27)9-11-25-12-10-24/h4-5,14,20,25H,1-3,6-13,15-16H2,(H,26,29,30). The molecular formula is C24H32N4O3. The van der Waals surface area contributed by atoms with Gasteiger partial charge in [-0.2, -0.15) is 0 Å². The van der Waals surface area contributed by atoms with Crippen molar-refractivity contribution in [2.45, 2.75) is 76.0 Å². The van der Waals surface area contributed by atoms with Crippen molar-refractivity contribution in [3.63, 3.8) is 0 Å². The van der Waals surface area contributed by atoms with Gasteiger partial charge in [-0.25, -0.2) is 0 Å². The summed E-state index contributed by atoms with van der Waals surface area (Å²) in [5.74, 6) is -0.689. The average Bonchev–Trinajstić information content (AvgIpc) is 2.97. The normalized spacial score (nSPS) is 26.6. The minimum atomic E-state index is -0.551. The summed E-state index contributed by atoms with van der Waals surface area (Å²) >= 11 is 0. The first-order valence-electron chi connectivity index (χ1n) is 11.8. The maximum Gasteiger partial charge on any atom is 0.255 e. The van der Waals surface area contributed by atoms with Crippen LogP contribution in [0.15, 0.2) is 18.2 Å². The van der Waals surface area contributed by atoms with Crippen LogP contribution in [-0.2, 0) is 22.7 Å². The third-order valence-corrected chi connectivity index (χ3v) is 7.74. The SMILES string of the molecule is O=C1CCC(N2Cc3ccc(CN4CCCCCC45CCNCC5)cc3C2=O)C(=O)N1. The third kappa shape index (κ3) is 3.89. The van der Waals surface area contributed by atoms with E-state index in [1.165, 1.54) is 44.1 Å². The molecule has 4 heterocycles. The van der Waals surface area contributed by atoms with Crippen molar-refractivity contribution in [2.75, 3.05) is 19.6 Å². The van der Waals surface area contributed by atoms with Gasteiger partial charge in [0.2, 0.25) is 11.8 Å². The molecular weight excluding hydrogens is 392 g/mol. The molecule has 1 atom stereocenters. The first-order valence-corrected chi connectivity index (χ1v) is 11.8. The van der Waals surface area contributed by atoms with Gasteiger partial charge in [-0.05, 0) is 68.9 Å². The molecule has 1 aromatic rings. The van der Waals surface area contributed by atoms with E-state index in [2.05, 4.69) is 27.7 Å². The molecule has 2 N–H and O–H groups in total. The average molecular weight is 425 g/mol. The van der Waals surface area contributed by atoms with Gasteiger partial charge in [-0.3, -0.25) is 24.6 Å². The van der Waals surface area contributed by atoms with Gasteiger partial charge in [0, 0.05) is 30.6 Å². The Morgan fingerprint density at radius 3 is 2.68 bits per heavy atom. The monoisotopic (exact) mass is 424 g/mol. The van der Waals surface area contributed by atoms with E-state index in [1.54, 1.807) is 4.90 Å². The Morgan fingerprint density at radius 1 is 1.03 bits per heavy atom. The van der Waals surface area contributed by atoms with Crippen molar-refractivity contribution in [2.24, 2.45) is 0 Å². The van der Waals surface area contributed by atoms with Gasteiger partial charge in [0.1, 0.15) is 6.04 Å². The van der Waals surface area contributed by atoms with Crippen LogP contribution in [0.3, 0.4) is 0 Å². The largest absolute Gasteiger partial charge is 0.322 e. The molecule has 0 aromatic heterocycles. The van der Waals surface area contributed by atoms with Crippen LogP contribution in [0.4, 0.5) is 0 Å². The van der Waals surface area contributed by atoms with Crippen LogP contribution in [-0.4, -0.2) is 58.7 Å². The highest BCUT2D eigenvalue weighted by Gasteiger charge is 2.40. The Balaban J connectivity index is 1.34. The number of imide groups is 1. The summed E-state index contributed by atoms with van der Waals surface area (Å²) in [5.41, 5.74) is 3.16. The van der Waals surface area contributed by atoms with Crippen molar-refractivity contribution in [1.29, 1.82) is 0 Å². The fourth-order valence-corrected chi connectivity index (χ4v) is 5.95. The van der Waals surface area contributed by atoms with Crippen LogP contribution in [0.5, 0.6) is 0 Å². The first kappa shape index (κ1) is 20.6. The zero-order valence-electron chi connectivity index (χ0n) is 18.1. The minimum absolute atomic E-state index is 0.0844. The maximum atomic E-state index is 13.2. The van der Waals surface area contributed by atoms with Gasteiger partial charge in [-0.1, -0.05) is 25.0 Å². The molecule has 5 rings (SSSR count). The third-order valence-electron chi connectivity index (χ3n) is 7.74. The highest BCUT2D eigenvalue weighted by atomic mass is 16.2. The predicted molar refractivity (Wildman–Crippen MR) is 116 cm³/mol. The molecule has 166 valence electrons. The summed E-state index contributed by atoms with van der Waals surface area (Å²) in [7, 11) is 0. The lowest BCUT2D eigenvalue weighted by atomic mass is 9.82. The van der Waals surface area contributed by atoms with Crippen LogP contribution in [0.2, 0.25) is 0 Å². The fraction of sp³-hybridized carbons (Fsp3) is 0.625. The zero-order valence-corrected chi connectivity index (χ0v) is 18.1. The smallest absolute Gasteiger partial charge is 0.255 e. The minimum Gasteiger partial charge on any atom is -0.322 e. The number of hydrogen-bond donors (Lipinski definition) is 2. The number of rotatable bonds is 3. The quantitative estimate of drug-likeness (QED) is 0.725. The molecule has 3 fully saturated rings. The second-order valence-electron chi connectivity index (χ2n) is 9.60. The summed E-state index contributed by atoms with van der Waals surface area (Å²) in [5, 5.41) is 5.89. The highest BCUT2D eigenvalue weighted by Crippen LogP contribution is 2.36. The number of carbonyl (C=O) groups is 3. The lowest BCUT2D eigenvalue weighted by Gasteiger charge is -2.46. The Labute approximate surface area is 183 Å². The van der Waals surface area contributed by atoms with Crippen molar-refractivity contribution in [1.82, 2.24) is 20.4 Å². The van der Waals surface area contributed by atoms with Gasteiger partial charge in [0.05, 0.1) is 0 Å². The summed E-state index contributed by atoms with van der Waals surface area (Å²) in [6.45, 7) is 4.60. The van der Waals surface area contributed by atoms with E-state index in [4.69, 9.17) is 0 Å². The van der Waals surface area contributed by atoms with Crippen molar-refractivity contribution >= 4 is 17.7 Å². The highest BCUT2D eigenvalue weighted by molar-refractivity contribution is 6.05. The molecule has 4 aliphatic heterocycles. The Kier molecular flexibility index (Phi) is 5.56. The molecule has 0 radical (unpaired) electrons. The van der Waals surface area contributed by atoms with Gasteiger partial charge in [-0.15, -0.1) is 0 Å². The maximum absolute atomic E-state index is 13.2. The molecule has 1 spiro atoms.